The van der Waals surface area contributed by atoms with Crippen LogP contribution in [0.1, 0.15) is 41.2 Å². The SMILES string of the molecule is CCOC(=O)C1c2c(C=CC(=O)OC(Cc3ccc(O)c(O)c3)C(=O)OC)ccc(O)c2OC1c1ccc(O)c(O)c1. The van der Waals surface area contributed by atoms with Gasteiger partial charge in [-0.05, 0) is 60.0 Å². The molecule has 12 heteroatoms. The molecular formula is C30H28O12. The summed E-state index contributed by atoms with van der Waals surface area (Å²) in [5.41, 5.74) is 1.20. The van der Waals surface area contributed by atoms with E-state index in [1.165, 1.54) is 54.6 Å². The van der Waals surface area contributed by atoms with Crippen LogP contribution in [0.5, 0.6) is 34.5 Å². The molecule has 3 unspecified atom stereocenters. The number of carbonyl (C=O) groups excluding carboxylic acids is 3. The molecule has 0 saturated carbocycles. The van der Waals surface area contributed by atoms with E-state index >= 15 is 0 Å². The lowest BCUT2D eigenvalue weighted by Crippen LogP contribution is -2.30. The number of hydrogen-bond donors (Lipinski definition) is 5. The Labute approximate surface area is 239 Å². The fourth-order valence-electron chi connectivity index (χ4n) is 4.54. The molecule has 3 aromatic carbocycles. The van der Waals surface area contributed by atoms with E-state index in [4.69, 9.17) is 18.9 Å². The van der Waals surface area contributed by atoms with E-state index in [2.05, 4.69) is 0 Å². The van der Waals surface area contributed by atoms with Crippen molar-refractivity contribution in [3.8, 4) is 34.5 Å². The number of carbonyl (C=O) groups is 3. The fourth-order valence-corrected chi connectivity index (χ4v) is 4.54. The molecule has 0 amide bonds. The molecule has 3 aromatic rings. The van der Waals surface area contributed by atoms with Gasteiger partial charge in [0.1, 0.15) is 12.0 Å². The van der Waals surface area contributed by atoms with Gasteiger partial charge in [-0.3, -0.25) is 4.79 Å². The normalized spacial score (nSPS) is 16.3. The standard InChI is InChI=1S/C30H28O12/c1-3-40-30(38)26-25-16(5-10-20(33)28(25)42-27(26)17-6-9-19(32)22(35)14-17)7-11-24(36)41-23(29(37)39-2)13-15-4-8-18(31)21(34)12-15/h4-12,14,23,26-27,31-35H,3,13H2,1-2H3. The summed E-state index contributed by atoms with van der Waals surface area (Å²) in [7, 11) is 1.12. The summed E-state index contributed by atoms with van der Waals surface area (Å²) in [4.78, 5) is 38.2. The number of benzene rings is 3. The molecular weight excluding hydrogens is 552 g/mol. The Morgan fingerprint density at radius 1 is 0.905 bits per heavy atom. The number of aromatic hydroxyl groups is 5. The first-order valence-electron chi connectivity index (χ1n) is 12.7. The largest absolute Gasteiger partial charge is 0.504 e. The quantitative estimate of drug-likeness (QED) is 0.108. The van der Waals surface area contributed by atoms with Crippen molar-refractivity contribution in [3.63, 3.8) is 0 Å². The van der Waals surface area contributed by atoms with E-state index in [1.807, 2.05) is 0 Å². The first-order chi connectivity index (χ1) is 20.0. The van der Waals surface area contributed by atoms with Gasteiger partial charge in [-0.1, -0.05) is 18.2 Å². The zero-order valence-electron chi connectivity index (χ0n) is 22.5. The van der Waals surface area contributed by atoms with E-state index in [-0.39, 0.29) is 41.6 Å². The van der Waals surface area contributed by atoms with E-state index in [0.717, 1.165) is 13.2 Å². The average molecular weight is 581 g/mol. The highest BCUT2D eigenvalue weighted by atomic mass is 16.6. The van der Waals surface area contributed by atoms with Gasteiger partial charge in [-0.25, -0.2) is 9.59 Å². The van der Waals surface area contributed by atoms with Crippen molar-refractivity contribution in [2.75, 3.05) is 13.7 Å². The van der Waals surface area contributed by atoms with Gasteiger partial charge in [0.2, 0.25) is 6.10 Å². The Morgan fingerprint density at radius 3 is 2.21 bits per heavy atom. The van der Waals surface area contributed by atoms with E-state index in [0.29, 0.717) is 16.7 Å². The zero-order chi connectivity index (χ0) is 30.6. The fraction of sp³-hybridized carbons (Fsp3) is 0.233. The Morgan fingerprint density at radius 2 is 1.57 bits per heavy atom. The summed E-state index contributed by atoms with van der Waals surface area (Å²) in [5, 5.41) is 49.5. The third kappa shape index (κ3) is 6.17. The molecule has 5 N–H and O–H groups in total. The maximum atomic E-state index is 13.1. The molecule has 0 bridgehead atoms. The monoisotopic (exact) mass is 580 g/mol. The third-order valence-electron chi connectivity index (χ3n) is 6.52. The highest BCUT2D eigenvalue weighted by Crippen LogP contribution is 2.53. The molecule has 0 aromatic heterocycles. The molecule has 0 aliphatic carbocycles. The van der Waals surface area contributed by atoms with Crippen LogP contribution in [0, 0.1) is 0 Å². The Bertz CT molecular complexity index is 1540. The van der Waals surface area contributed by atoms with Crippen LogP contribution in [0.25, 0.3) is 6.08 Å². The maximum absolute atomic E-state index is 13.1. The van der Waals surface area contributed by atoms with Crippen LogP contribution in [0.4, 0.5) is 0 Å². The number of phenols is 5. The second-order valence-corrected chi connectivity index (χ2v) is 9.24. The van der Waals surface area contributed by atoms with E-state index in [9.17, 15) is 39.9 Å². The molecule has 0 fully saturated rings. The topological polar surface area (TPSA) is 189 Å². The van der Waals surface area contributed by atoms with E-state index < -0.39 is 47.5 Å². The van der Waals surface area contributed by atoms with Gasteiger partial charge in [0.05, 0.1) is 13.7 Å². The van der Waals surface area contributed by atoms with Crippen LogP contribution >= 0.6 is 0 Å². The molecule has 12 nitrogen and oxygen atoms in total. The number of esters is 3. The van der Waals surface area contributed by atoms with Crippen molar-refractivity contribution in [1.29, 1.82) is 0 Å². The number of hydrogen-bond acceptors (Lipinski definition) is 12. The molecule has 42 heavy (non-hydrogen) atoms. The number of methoxy groups -OCH3 is 1. The maximum Gasteiger partial charge on any atom is 0.347 e. The van der Waals surface area contributed by atoms with Gasteiger partial charge in [0, 0.05) is 18.1 Å². The van der Waals surface area contributed by atoms with Gasteiger partial charge in [-0.15, -0.1) is 0 Å². The summed E-state index contributed by atoms with van der Waals surface area (Å²) < 4.78 is 21.2. The van der Waals surface area contributed by atoms with Crippen LogP contribution in [0.2, 0.25) is 0 Å². The zero-order valence-corrected chi connectivity index (χ0v) is 22.5. The molecule has 1 aliphatic rings. The van der Waals surface area contributed by atoms with Gasteiger partial charge in [-0.2, -0.15) is 0 Å². The second kappa shape index (κ2) is 12.4. The summed E-state index contributed by atoms with van der Waals surface area (Å²) in [6.45, 7) is 1.66. The van der Waals surface area contributed by atoms with Gasteiger partial charge in [0.25, 0.3) is 0 Å². The Kier molecular flexibility index (Phi) is 8.75. The lowest BCUT2D eigenvalue weighted by molar-refractivity contribution is -0.162. The predicted octanol–water partition coefficient (Wildman–Crippen LogP) is 3.34. The van der Waals surface area contributed by atoms with Crippen molar-refractivity contribution in [3.05, 3.63) is 76.9 Å². The summed E-state index contributed by atoms with van der Waals surface area (Å²) in [5.74, 6) is -5.53. The number of rotatable bonds is 9. The highest BCUT2D eigenvalue weighted by molar-refractivity contribution is 5.91. The van der Waals surface area contributed by atoms with Crippen LogP contribution < -0.4 is 4.74 Å². The molecule has 1 heterocycles. The van der Waals surface area contributed by atoms with Gasteiger partial charge in [0.15, 0.2) is 34.5 Å². The minimum Gasteiger partial charge on any atom is -0.504 e. The number of phenolic OH excluding ortho intramolecular Hbond substituents is 5. The predicted molar refractivity (Wildman–Crippen MR) is 145 cm³/mol. The minimum atomic E-state index is -1.39. The van der Waals surface area contributed by atoms with Crippen LogP contribution in [0.3, 0.4) is 0 Å². The molecule has 4 rings (SSSR count). The lowest BCUT2D eigenvalue weighted by atomic mass is 9.87. The first kappa shape index (κ1) is 29.6. The second-order valence-electron chi connectivity index (χ2n) is 9.24. The van der Waals surface area contributed by atoms with E-state index in [1.54, 1.807) is 6.92 Å². The van der Waals surface area contributed by atoms with Crippen LogP contribution in [0.15, 0.2) is 54.6 Å². The van der Waals surface area contributed by atoms with Crippen molar-refractivity contribution < 1.29 is 58.9 Å². The van der Waals surface area contributed by atoms with Crippen molar-refractivity contribution in [1.82, 2.24) is 0 Å². The average Bonchev–Trinajstić information content (AvgIpc) is 3.37. The van der Waals surface area contributed by atoms with Crippen molar-refractivity contribution in [2.24, 2.45) is 0 Å². The summed E-state index contributed by atoms with van der Waals surface area (Å²) in [6, 6.07) is 10.5. The first-order valence-corrected chi connectivity index (χ1v) is 12.7. The smallest absolute Gasteiger partial charge is 0.347 e. The molecule has 220 valence electrons. The van der Waals surface area contributed by atoms with Crippen LogP contribution in [-0.2, 0) is 35.0 Å². The molecule has 1 aliphatic heterocycles. The molecule has 0 saturated heterocycles. The molecule has 0 radical (unpaired) electrons. The van der Waals surface area contributed by atoms with Crippen molar-refractivity contribution in [2.45, 2.75) is 31.5 Å². The lowest BCUT2D eigenvalue weighted by Gasteiger charge is -2.19. The Balaban J connectivity index is 1.63. The Hall–Kier alpha value is -5.39. The number of ether oxygens (including phenoxy) is 4. The minimum absolute atomic E-state index is 0.0410. The summed E-state index contributed by atoms with van der Waals surface area (Å²) in [6.07, 6.45) is -0.270. The van der Waals surface area contributed by atoms with Crippen LogP contribution in [-0.4, -0.2) is 63.3 Å². The van der Waals surface area contributed by atoms with Gasteiger partial charge < -0.3 is 44.5 Å². The number of fused-ring (bicyclic) bond motifs is 1. The molecule has 3 atom stereocenters. The highest BCUT2D eigenvalue weighted by Gasteiger charge is 2.44. The summed E-state index contributed by atoms with van der Waals surface area (Å²) >= 11 is 0. The molecule has 0 spiro atoms. The third-order valence-corrected chi connectivity index (χ3v) is 6.52. The van der Waals surface area contributed by atoms with Gasteiger partial charge >= 0.3 is 17.9 Å². The van der Waals surface area contributed by atoms with Crippen molar-refractivity contribution >= 4 is 24.0 Å².